The van der Waals surface area contributed by atoms with Crippen LogP contribution in [0.2, 0.25) is 0 Å². The van der Waals surface area contributed by atoms with Gasteiger partial charge >= 0.3 is 0 Å². The summed E-state index contributed by atoms with van der Waals surface area (Å²) in [6, 6.07) is 8.21. The maximum Gasteiger partial charge on any atom is 0.251 e. The number of anilines is 1. The highest BCUT2D eigenvalue weighted by atomic mass is 16.5. The molecular formula is C27H36N4O3. The fourth-order valence-electron chi connectivity index (χ4n) is 5.39. The first kappa shape index (κ1) is 23.1. The van der Waals surface area contributed by atoms with Gasteiger partial charge in [0.15, 0.2) is 0 Å². The Morgan fingerprint density at radius 1 is 1.06 bits per heavy atom. The number of rotatable bonds is 5. The molecule has 1 N–H and O–H groups in total. The van der Waals surface area contributed by atoms with Crippen molar-refractivity contribution in [2.75, 3.05) is 71.5 Å². The van der Waals surface area contributed by atoms with Gasteiger partial charge in [0.1, 0.15) is 5.76 Å². The zero-order valence-electron chi connectivity index (χ0n) is 20.3. The number of ether oxygens (including phenoxy) is 2. The largest absolute Gasteiger partial charge is 0.496 e. The van der Waals surface area contributed by atoms with Gasteiger partial charge in [-0.15, -0.1) is 0 Å². The lowest BCUT2D eigenvalue weighted by Crippen LogP contribution is -2.50. The van der Waals surface area contributed by atoms with Crippen LogP contribution in [-0.2, 0) is 9.47 Å². The zero-order valence-corrected chi connectivity index (χ0v) is 20.3. The average Bonchev–Trinajstić information content (AvgIpc) is 2.89. The predicted octanol–water partition coefficient (Wildman–Crippen LogP) is 2.43. The molecule has 0 bridgehead atoms. The maximum absolute atomic E-state index is 13.1. The molecule has 4 aliphatic rings. The van der Waals surface area contributed by atoms with E-state index in [2.05, 4.69) is 45.3 Å². The van der Waals surface area contributed by atoms with E-state index in [0.717, 1.165) is 76.8 Å². The van der Waals surface area contributed by atoms with Crippen LogP contribution in [0.1, 0.15) is 23.2 Å². The Balaban J connectivity index is 1.29. The molecule has 2 saturated heterocycles. The summed E-state index contributed by atoms with van der Waals surface area (Å²) in [6.07, 6.45) is 8.44. The van der Waals surface area contributed by atoms with Crippen LogP contribution in [0.4, 0.5) is 5.69 Å². The summed E-state index contributed by atoms with van der Waals surface area (Å²) in [5, 5.41) is 3.27. The van der Waals surface area contributed by atoms with E-state index in [-0.39, 0.29) is 18.0 Å². The number of methoxy groups -OCH3 is 1. The minimum Gasteiger partial charge on any atom is -0.496 e. The quantitative estimate of drug-likeness (QED) is 0.723. The van der Waals surface area contributed by atoms with Crippen LogP contribution >= 0.6 is 0 Å². The van der Waals surface area contributed by atoms with Crippen molar-refractivity contribution in [2.45, 2.75) is 24.9 Å². The number of amides is 1. The van der Waals surface area contributed by atoms with Crippen LogP contribution in [-0.4, -0.2) is 94.4 Å². The topological polar surface area (TPSA) is 57.3 Å². The Bertz CT molecular complexity index is 970. The predicted molar refractivity (Wildman–Crippen MR) is 134 cm³/mol. The van der Waals surface area contributed by atoms with Gasteiger partial charge in [0.05, 0.1) is 26.4 Å². The van der Waals surface area contributed by atoms with Crippen molar-refractivity contribution in [1.29, 1.82) is 0 Å². The highest BCUT2D eigenvalue weighted by molar-refractivity contribution is 5.95. The smallest absolute Gasteiger partial charge is 0.251 e. The van der Waals surface area contributed by atoms with Gasteiger partial charge in [0, 0.05) is 56.6 Å². The molecule has 182 valence electrons. The number of benzene rings is 1. The number of piperazine rings is 1. The highest BCUT2D eigenvalue weighted by Crippen LogP contribution is 2.36. The number of hydrogen-bond acceptors (Lipinski definition) is 6. The van der Waals surface area contributed by atoms with E-state index in [1.807, 2.05) is 24.3 Å². The molecule has 1 aromatic carbocycles. The third kappa shape index (κ3) is 4.92. The zero-order chi connectivity index (χ0) is 23.5. The molecule has 0 radical (unpaired) electrons. The first-order valence-electron chi connectivity index (χ1n) is 12.5. The number of carbonyl (C=O) groups is 1. The van der Waals surface area contributed by atoms with Crippen LogP contribution < -0.4 is 10.2 Å². The first-order chi connectivity index (χ1) is 16.6. The fraction of sp³-hybridized carbons (Fsp3) is 0.519. The number of nitrogens with zero attached hydrogens (tertiary/aromatic N) is 3. The van der Waals surface area contributed by atoms with E-state index in [9.17, 15) is 4.79 Å². The molecule has 2 aliphatic heterocycles. The maximum atomic E-state index is 13.1. The van der Waals surface area contributed by atoms with Crippen molar-refractivity contribution in [3.05, 3.63) is 65.0 Å². The summed E-state index contributed by atoms with van der Waals surface area (Å²) in [7, 11) is 3.93. The molecule has 5 rings (SSSR count). The highest BCUT2D eigenvalue weighted by Gasteiger charge is 2.32. The van der Waals surface area contributed by atoms with E-state index in [0.29, 0.717) is 5.56 Å². The lowest BCUT2D eigenvalue weighted by molar-refractivity contribution is 0.0941. The van der Waals surface area contributed by atoms with Gasteiger partial charge in [-0.05, 0) is 61.4 Å². The molecule has 0 aromatic heterocycles. The standard InChI is InChI=1S/C27H36N4O3/c1-29-11-13-31(14-12-29)25-9-10-26(33-2)23-8-5-21(19-24(23)25)28-27(32)20-3-6-22(7-4-20)30-15-17-34-18-16-30/h3-4,6-7,9-10,19,21,25H,5,8,11-18H2,1-2H3,(H,28,32)/t21?,25-/m1/s1. The number of allylic oxidation sites excluding steroid dienone is 1. The monoisotopic (exact) mass is 464 g/mol. The molecule has 2 fully saturated rings. The molecule has 2 heterocycles. The molecule has 0 saturated carbocycles. The number of fused-ring (bicyclic) bond motifs is 1. The van der Waals surface area contributed by atoms with Gasteiger partial charge in [0.2, 0.25) is 0 Å². The number of nitrogens with one attached hydrogen (secondary N) is 1. The summed E-state index contributed by atoms with van der Waals surface area (Å²) in [6.45, 7) is 7.54. The first-order valence-corrected chi connectivity index (χ1v) is 12.5. The Kier molecular flexibility index (Phi) is 7.04. The fourth-order valence-corrected chi connectivity index (χ4v) is 5.39. The van der Waals surface area contributed by atoms with Crippen LogP contribution in [0.15, 0.2) is 59.4 Å². The summed E-state index contributed by atoms with van der Waals surface area (Å²) in [5.41, 5.74) is 4.43. The number of hydrogen-bond donors (Lipinski definition) is 1. The minimum atomic E-state index is -0.0164. The van der Waals surface area contributed by atoms with Gasteiger partial charge in [0.25, 0.3) is 5.91 Å². The number of morpholine rings is 1. The van der Waals surface area contributed by atoms with Crippen LogP contribution in [0.3, 0.4) is 0 Å². The SMILES string of the molecule is COC1=C2CCC(NC(=O)c3ccc(N4CCOCC4)cc3)C=C2[C@H](N2CCN(C)CC2)C=C1. The van der Waals surface area contributed by atoms with Gasteiger partial charge in [-0.25, -0.2) is 0 Å². The van der Waals surface area contributed by atoms with Crippen LogP contribution in [0, 0.1) is 0 Å². The van der Waals surface area contributed by atoms with E-state index in [1.165, 1.54) is 11.1 Å². The minimum absolute atomic E-state index is 0.0164. The van der Waals surface area contributed by atoms with Gasteiger partial charge < -0.3 is 24.6 Å². The van der Waals surface area contributed by atoms with Crippen molar-refractivity contribution in [3.63, 3.8) is 0 Å². The Labute approximate surface area is 202 Å². The van der Waals surface area contributed by atoms with E-state index in [4.69, 9.17) is 9.47 Å². The summed E-state index contributed by atoms with van der Waals surface area (Å²) in [4.78, 5) is 20.3. The lowest BCUT2D eigenvalue weighted by atomic mass is 9.82. The van der Waals surface area contributed by atoms with E-state index >= 15 is 0 Å². The lowest BCUT2D eigenvalue weighted by Gasteiger charge is -2.41. The van der Waals surface area contributed by atoms with Gasteiger partial charge in [-0.3, -0.25) is 9.69 Å². The van der Waals surface area contributed by atoms with Crippen molar-refractivity contribution >= 4 is 11.6 Å². The Hall–Kier alpha value is -2.61. The van der Waals surface area contributed by atoms with Crippen molar-refractivity contribution in [2.24, 2.45) is 0 Å². The molecule has 7 nitrogen and oxygen atoms in total. The summed E-state index contributed by atoms with van der Waals surface area (Å²) < 4.78 is 11.1. The van der Waals surface area contributed by atoms with Crippen LogP contribution in [0.5, 0.6) is 0 Å². The molecule has 1 aromatic rings. The second-order valence-corrected chi connectivity index (χ2v) is 9.58. The average molecular weight is 465 g/mol. The van der Waals surface area contributed by atoms with Crippen molar-refractivity contribution < 1.29 is 14.3 Å². The molecular weight excluding hydrogens is 428 g/mol. The Morgan fingerprint density at radius 3 is 2.50 bits per heavy atom. The second kappa shape index (κ2) is 10.3. The molecule has 1 amide bonds. The molecule has 2 aliphatic carbocycles. The summed E-state index contributed by atoms with van der Waals surface area (Å²) >= 11 is 0. The summed E-state index contributed by atoms with van der Waals surface area (Å²) in [5.74, 6) is 0.942. The molecule has 2 atom stereocenters. The van der Waals surface area contributed by atoms with Gasteiger partial charge in [-0.1, -0.05) is 12.2 Å². The molecule has 34 heavy (non-hydrogen) atoms. The van der Waals surface area contributed by atoms with Gasteiger partial charge in [-0.2, -0.15) is 0 Å². The van der Waals surface area contributed by atoms with Crippen molar-refractivity contribution in [3.8, 4) is 0 Å². The van der Waals surface area contributed by atoms with Crippen molar-refractivity contribution in [1.82, 2.24) is 15.1 Å². The second-order valence-electron chi connectivity index (χ2n) is 9.58. The van der Waals surface area contributed by atoms with E-state index < -0.39 is 0 Å². The number of likely N-dealkylation sites (N-methyl/N-ethyl adjacent to an activating group) is 1. The Morgan fingerprint density at radius 2 is 1.79 bits per heavy atom. The molecule has 0 spiro atoms. The van der Waals surface area contributed by atoms with E-state index in [1.54, 1.807) is 7.11 Å². The third-order valence-corrected chi connectivity index (χ3v) is 7.45. The van der Waals surface area contributed by atoms with Crippen LogP contribution in [0.25, 0.3) is 0 Å². The number of carbonyl (C=O) groups excluding carboxylic acids is 1. The molecule has 1 unspecified atom stereocenters. The normalized spacial score (nSPS) is 26.2. The third-order valence-electron chi connectivity index (χ3n) is 7.45. The molecule has 7 heteroatoms.